The summed E-state index contributed by atoms with van der Waals surface area (Å²) in [5.74, 6) is 0.765. The molecule has 7 nitrogen and oxygen atoms in total. The molecule has 8 heteroatoms. The van der Waals surface area contributed by atoms with Crippen molar-refractivity contribution < 1.29 is 14.5 Å². The van der Waals surface area contributed by atoms with Crippen molar-refractivity contribution in [3.8, 4) is 5.75 Å². The highest BCUT2D eigenvalue weighted by Gasteiger charge is 2.20. The van der Waals surface area contributed by atoms with Gasteiger partial charge in [0.05, 0.1) is 28.7 Å². The molecule has 0 saturated heterocycles. The molecule has 0 atom stereocenters. The van der Waals surface area contributed by atoms with Crippen molar-refractivity contribution >= 4 is 29.0 Å². The van der Waals surface area contributed by atoms with Gasteiger partial charge in [-0.15, -0.1) is 0 Å². The molecule has 0 bridgehead atoms. The zero-order valence-electron chi connectivity index (χ0n) is 12.6. The molecule has 0 fully saturated rings. The molecule has 24 heavy (non-hydrogen) atoms. The van der Waals surface area contributed by atoms with Crippen molar-refractivity contribution in [3.05, 3.63) is 63.2 Å². The van der Waals surface area contributed by atoms with Gasteiger partial charge in [0.25, 0.3) is 5.69 Å². The van der Waals surface area contributed by atoms with Gasteiger partial charge >= 0.3 is 6.03 Å². The summed E-state index contributed by atoms with van der Waals surface area (Å²) in [6.45, 7) is 1.22. The number of nitro benzene ring substituents is 1. The lowest BCUT2D eigenvalue weighted by Crippen LogP contribution is -2.36. The maximum Gasteiger partial charge on any atom is 0.322 e. The second-order valence-electron chi connectivity index (χ2n) is 5.23. The van der Waals surface area contributed by atoms with Crippen molar-refractivity contribution in [2.24, 2.45) is 0 Å². The molecule has 2 aromatic rings. The van der Waals surface area contributed by atoms with Gasteiger partial charge in [-0.3, -0.25) is 10.1 Å². The number of amides is 2. The van der Waals surface area contributed by atoms with E-state index in [-0.39, 0.29) is 16.7 Å². The van der Waals surface area contributed by atoms with Crippen LogP contribution in [0.5, 0.6) is 5.75 Å². The van der Waals surface area contributed by atoms with E-state index in [1.807, 2.05) is 24.3 Å². The summed E-state index contributed by atoms with van der Waals surface area (Å²) in [6, 6.07) is 11.1. The zero-order valence-corrected chi connectivity index (χ0v) is 13.3. The van der Waals surface area contributed by atoms with Gasteiger partial charge in [-0.2, -0.15) is 0 Å². The van der Waals surface area contributed by atoms with E-state index in [0.717, 1.165) is 11.3 Å². The normalized spacial score (nSPS) is 13.5. The highest BCUT2D eigenvalue weighted by Crippen LogP contribution is 2.28. The van der Waals surface area contributed by atoms with Gasteiger partial charge in [0.1, 0.15) is 12.4 Å². The van der Waals surface area contributed by atoms with Crippen LogP contribution in [0.15, 0.2) is 42.5 Å². The lowest BCUT2D eigenvalue weighted by molar-refractivity contribution is -0.384. The van der Waals surface area contributed by atoms with Gasteiger partial charge < -0.3 is 15.0 Å². The number of fused-ring (bicyclic) bond motifs is 1. The molecule has 124 valence electrons. The molecule has 1 heterocycles. The van der Waals surface area contributed by atoms with Crippen molar-refractivity contribution in [3.63, 3.8) is 0 Å². The number of nitrogens with zero attached hydrogens (tertiary/aromatic N) is 2. The van der Waals surface area contributed by atoms with Crippen LogP contribution in [0.3, 0.4) is 0 Å². The van der Waals surface area contributed by atoms with E-state index in [1.165, 1.54) is 18.2 Å². The van der Waals surface area contributed by atoms with Crippen LogP contribution < -0.4 is 10.1 Å². The number of non-ortho nitro benzene ring substituents is 1. The van der Waals surface area contributed by atoms with E-state index in [1.54, 1.807) is 4.90 Å². The molecule has 1 aliphatic heterocycles. The zero-order chi connectivity index (χ0) is 17.1. The second-order valence-corrected chi connectivity index (χ2v) is 5.64. The fourth-order valence-corrected chi connectivity index (χ4v) is 2.63. The van der Waals surface area contributed by atoms with Gasteiger partial charge in [-0.1, -0.05) is 29.8 Å². The second kappa shape index (κ2) is 6.76. The number of halogens is 1. The SMILES string of the molecule is O=C(Nc1ccc([N+](=O)[O-])cc1Cl)N1CCOc2ccccc2C1. The number of ether oxygens (including phenoxy) is 1. The molecule has 0 saturated carbocycles. The third-order valence-corrected chi connectivity index (χ3v) is 3.96. The molecule has 3 rings (SSSR count). The van der Waals surface area contributed by atoms with Crippen LogP contribution in [0, 0.1) is 10.1 Å². The number of carbonyl (C=O) groups is 1. The van der Waals surface area contributed by atoms with E-state index >= 15 is 0 Å². The summed E-state index contributed by atoms with van der Waals surface area (Å²) < 4.78 is 5.62. The number of urea groups is 1. The number of para-hydroxylation sites is 1. The number of hydrogen-bond donors (Lipinski definition) is 1. The molecule has 0 radical (unpaired) electrons. The maximum absolute atomic E-state index is 12.5. The van der Waals surface area contributed by atoms with E-state index in [2.05, 4.69) is 5.32 Å². The fraction of sp³-hybridized carbons (Fsp3) is 0.188. The molecule has 0 aliphatic carbocycles. The Morgan fingerprint density at radius 2 is 2.08 bits per heavy atom. The Kier molecular flexibility index (Phi) is 4.52. The Balaban J connectivity index is 1.74. The number of nitrogens with one attached hydrogen (secondary N) is 1. The highest BCUT2D eigenvalue weighted by molar-refractivity contribution is 6.33. The molecule has 2 amide bonds. The molecule has 0 spiro atoms. The standard InChI is InChI=1S/C16H14ClN3O4/c17-13-9-12(20(22)23)5-6-14(13)18-16(21)19-7-8-24-15-4-2-1-3-11(15)10-19/h1-6,9H,7-8,10H2,(H,18,21). The minimum absolute atomic E-state index is 0.115. The largest absolute Gasteiger partial charge is 0.491 e. The number of benzene rings is 2. The molecule has 0 aromatic heterocycles. The lowest BCUT2D eigenvalue weighted by Gasteiger charge is -2.20. The van der Waals surface area contributed by atoms with Crippen molar-refractivity contribution in [1.82, 2.24) is 4.90 Å². The number of nitro groups is 1. The monoisotopic (exact) mass is 347 g/mol. The van der Waals surface area contributed by atoms with Gasteiger partial charge in [-0.25, -0.2) is 4.79 Å². The Morgan fingerprint density at radius 1 is 1.29 bits per heavy atom. The van der Waals surface area contributed by atoms with Crippen molar-refractivity contribution in [2.45, 2.75) is 6.54 Å². The molecule has 1 aliphatic rings. The van der Waals surface area contributed by atoms with Gasteiger partial charge in [0.2, 0.25) is 0 Å². The van der Waals surface area contributed by atoms with Gasteiger partial charge in [0.15, 0.2) is 0 Å². The lowest BCUT2D eigenvalue weighted by atomic mass is 10.2. The summed E-state index contributed by atoms with van der Waals surface area (Å²) >= 11 is 6.01. The maximum atomic E-state index is 12.5. The number of anilines is 1. The predicted octanol–water partition coefficient (Wildman–Crippen LogP) is 3.67. The van der Waals surface area contributed by atoms with Gasteiger partial charge in [-0.05, 0) is 12.1 Å². The van der Waals surface area contributed by atoms with Crippen LogP contribution in [0.1, 0.15) is 5.56 Å². The van der Waals surface area contributed by atoms with E-state index in [0.29, 0.717) is 25.4 Å². The fourth-order valence-electron chi connectivity index (χ4n) is 2.41. The summed E-state index contributed by atoms with van der Waals surface area (Å²) in [7, 11) is 0. The Bertz CT molecular complexity index is 797. The average Bonchev–Trinajstić information content (AvgIpc) is 2.78. The molecule has 1 N–H and O–H groups in total. The topological polar surface area (TPSA) is 84.7 Å². The van der Waals surface area contributed by atoms with E-state index in [9.17, 15) is 14.9 Å². The van der Waals surface area contributed by atoms with Crippen molar-refractivity contribution in [2.75, 3.05) is 18.5 Å². The van der Waals surface area contributed by atoms with Crippen LogP contribution in [0.2, 0.25) is 5.02 Å². The number of hydrogen-bond acceptors (Lipinski definition) is 4. The third kappa shape index (κ3) is 3.41. The van der Waals surface area contributed by atoms with Crippen LogP contribution in [-0.2, 0) is 6.54 Å². The summed E-state index contributed by atoms with van der Waals surface area (Å²) in [4.78, 5) is 24.3. The molecular formula is C16H14ClN3O4. The Hall–Kier alpha value is -2.80. The summed E-state index contributed by atoms with van der Waals surface area (Å²) in [5, 5.41) is 13.5. The average molecular weight is 348 g/mol. The first-order valence-corrected chi connectivity index (χ1v) is 7.63. The summed E-state index contributed by atoms with van der Waals surface area (Å²) in [5.41, 5.74) is 1.11. The molecule has 0 unspecified atom stereocenters. The Labute approximate surface area is 142 Å². The number of carbonyl (C=O) groups excluding carboxylic acids is 1. The number of rotatable bonds is 2. The predicted molar refractivity (Wildman–Crippen MR) is 89.5 cm³/mol. The smallest absolute Gasteiger partial charge is 0.322 e. The van der Waals surface area contributed by atoms with Crippen LogP contribution in [0.4, 0.5) is 16.2 Å². The first-order valence-electron chi connectivity index (χ1n) is 7.25. The minimum atomic E-state index is -0.541. The van der Waals surface area contributed by atoms with Crippen LogP contribution in [0.25, 0.3) is 0 Å². The first kappa shape index (κ1) is 16.1. The molecule has 2 aromatic carbocycles. The third-order valence-electron chi connectivity index (χ3n) is 3.64. The highest BCUT2D eigenvalue weighted by atomic mass is 35.5. The molecular weight excluding hydrogens is 334 g/mol. The van der Waals surface area contributed by atoms with Crippen molar-refractivity contribution in [1.29, 1.82) is 0 Å². The van der Waals surface area contributed by atoms with Gasteiger partial charge in [0, 0.05) is 17.7 Å². The minimum Gasteiger partial charge on any atom is -0.491 e. The first-order chi connectivity index (χ1) is 11.5. The van der Waals surface area contributed by atoms with Crippen LogP contribution in [-0.4, -0.2) is 29.0 Å². The summed E-state index contributed by atoms with van der Waals surface area (Å²) in [6.07, 6.45) is 0. The van der Waals surface area contributed by atoms with E-state index in [4.69, 9.17) is 16.3 Å². The van der Waals surface area contributed by atoms with Crippen LogP contribution >= 0.6 is 11.6 Å². The van der Waals surface area contributed by atoms with E-state index < -0.39 is 4.92 Å². The Morgan fingerprint density at radius 3 is 2.83 bits per heavy atom. The quantitative estimate of drug-likeness (QED) is 0.663.